The monoisotopic (exact) mass is 351 g/mol. The Morgan fingerprint density at radius 2 is 1.84 bits per heavy atom. The molecule has 0 aliphatic heterocycles. The van der Waals surface area contributed by atoms with Crippen molar-refractivity contribution in [1.82, 2.24) is 9.97 Å². The lowest BCUT2D eigenvalue weighted by Gasteiger charge is -2.11. The van der Waals surface area contributed by atoms with E-state index in [0.29, 0.717) is 5.56 Å². The van der Waals surface area contributed by atoms with Crippen molar-refractivity contribution in [1.29, 1.82) is 10.7 Å². The lowest BCUT2D eigenvalue weighted by Crippen LogP contribution is -2.30. The van der Waals surface area contributed by atoms with E-state index in [0.717, 1.165) is 12.1 Å². The Kier molecular flexibility index (Phi) is 5.07. The molecule has 7 nitrogen and oxygen atoms in total. The number of aromatic amines is 2. The molecule has 0 spiro atoms. The van der Waals surface area contributed by atoms with Crippen molar-refractivity contribution in [3.8, 4) is 6.07 Å². The van der Waals surface area contributed by atoms with Gasteiger partial charge in [-0.2, -0.15) is 18.4 Å². The Labute approximate surface area is 138 Å². The first-order valence-corrected chi connectivity index (χ1v) is 6.93. The predicted octanol–water partition coefficient (Wildman–Crippen LogP) is 1.98. The molecule has 0 atom stereocenters. The van der Waals surface area contributed by atoms with Crippen LogP contribution in [0, 0.1) is 16.7 Å². The van der Waals surface area contributed by atoms with E-state index in [1.165, 1.54) is 12.1 Å². The Bertz CT molecular complexity index is 936. The number of hydrogen-bond acceptors (Lipinski definition) is 5. The van der Waals surface area contributed by atoms with Crippen LogP contribution in [0.5, 0.6) is 0 Å². The molecule has 10 heteroatoms. The van der Waals surface area contributed by atoms with Gasteiger partial charge in [-0.3, -0.25) is 14.8 Å². The van der Waals surface area contributed by atoms with E-state index in [4.69, 9.17) is 10.7 Å². The van der Waals surface area contributed by atoms with E-state index in [1.54, 1.807) is 6.07 Å². The maximum atomic E-state index is 12.5. The third-order valence-corrected chi connectivity index (χ3v) is 3.25. The fraction of sp³-hybridized carbons (Fsp3) is 0.200. The van der Waals surface area contributed by atoms with Crippen LogP contribution in [-0.2, 0) is 12.7 Å². The van der Waals surface area contributed by atoms with Crippen molar-refractivity contribution in [3.63, 3.8) is 0 Å². The maximum absolute atomic E-state index is 12.5. The highest BCUT2D eigenvalue weighted by molar-refractivity contribution is 6.02. The lowest BCUT2D eigenvalue weighted by atomic mass is 10.1. The Hall–Kier alpha value is -3.35. The predicted molar refractivity (Wildman–Crippen MR) is 83.5 cm³/mol. The number of H-pyrrole nitrogens is 2. The van der Waals surface area contributed by atoms with Crippen molar-refractivity contribution in [3.05, 3.63) is 61.8 Å². The van der Waals surface area contributed by atoms with Crippen molar-refractivity contribution in [2.75, 3.05) is 5.32 Å². The van der Waals surface area contributed by atoms with Crippen LogP contribution in [0.1, 0.15) is 23.1 Å². The fourth-order valence-corrected chi connectivity index (χ4v) is 2.08. The Morgan fingerprint density at radius 1 is 1.20 bits per heavy atom. The molecule has 4 N–H and O–H groups in total. The smallest absolute Gasteiger partial charge is 0.367 e. The summed E-state index contributed by atoms with van der Waals surface area (Å²) in [5.74, 6) is -0.0751. The maximum Gasteiger partial charge on any atom is 0.416 e. The number of hydrogen-bond donors (Lipinski definition) is 4. The summed E-state index contributed by atoms with van der Waals surface area (Å²) in [4.78, 5) is 27.5. The van der Waals surface area contributed by atoms with E-state index in [9.17, 15) is 22.8 Å². The van der Waals surface area contributed by atoms with Crippen LogP contribution in [0.4, 0.5) is 19.0 Å². The molecule has 1 aromatic carbocycles. The van der Waals surface area contributed by atoms with Gasteiger partial charge >= 0.3 is 11.9 Å². The summed E-state index contributed by atoms with van der Waals surface area (Å²) in [5.41, 5.74) is -2.47. The first kappa shape index (κ1) is 18.0. The van der Waals surface area contributed by atoms with Gasteiger partial charge in [-0.05, 0) is 17.7 Å². The summed E-state index contributed by atoms with van der Waals surface area (Å²) in [6.45, 7) is 0.00433. The number of rotatable bonds is 5. The Balaban J connectivity index is 2.26. The summed E-state index contributed by atoms with van der Waals surface area (Å²) < 4.78 is 37.6. The number of alkyl halides is 3. The zero-order valence-electron chi connectivity index (χ0n) is 12.6. The summed E-state index contributed by atoms with van der Waals surface area (Å²) in [5, 5.41) is 19.1. The molecule has 0 saturated heterocycles. The molecule has 2 aromatic rings. The topological polar surface area (TPSA) is 125 Å². The number of nitriles is 1. The number of anilines is 1. The van der Waals surface area contributed by atoms with Gasteiger partial charge in [0, 0.05) is 6.54 Å². The molecule has 1 aromatic heterocycles. The Morgan fingerprint density at radius 3 is 2.40 bits per heavy atom. The van der Waals surface area contributed by atoms with Crippen LogP contribution in [0.3, 0.4) is 0 Å². The second-order valence-electron chi connectivity index (χ2n) is 5.02. The number of aromatic nitrogens is 2. The van der Waals surface area contributed by atoms with Crippen LogP contribution >= 0.6 is 0 Å². The average molecular weight is 351 g/mol. The number of benzene rings is 1. The van der Waals surface area contributed by atoms with Crippen LogP contribution in [-0.4, -0.2) is 15.7 Å². The molecule has 1 heterocycles. The minimum Gasteiger partial charge on any atom is -0.367 e. The van der Waals surface area contributed by atoms with Crippen molar-refractivity contribution >= 4 is 11.5 Å². The van der Waals surface area contributed by atoms with Gasteiger partial charge in [0.25, 0.3) is 5.56 Å². The highest BCUT2D eigenvalue weighted by atomic mass is 19.4. The van der Waals surface area contributed by atoms with Gasteiger partial charge in [0.15, 0.2) is 0 Å². The van der Waals surface area contributed by atoms with E-state index in [-0.39, 0.29) is 30.1 Å². The van der Waals surface area contributed by atoms with Crippen molar-refractivity contribution in [2.45, 2.75) is 19.1 Å². The third kappa shape index (κ3) is 4.35. The van der Waals surface area contributed by atoms with Gasteiger partial charge < -0.3 is 10.7 Å². The van der Waals surface area contributed by atoms with Crippen LogP contribution in [0.15, 0.2) is 33.9 Å². The zero-order chi connectivity index (χ0) is 18.6. The molecule has 2 rings (SSSR count). The molecule has 0 bridgehead atoms. The first-order chi connectivity index (χ1) is 11.7. The summed E-state index contributed by atoms with van der Waals surface area (Å²) >= 11 is 0. The molecular formula is C15H12F3N5O2. The van der Waals surface area contributed by atoms with E-state index < -0.39 is 23.0 Å². The fourth-order valence-electron chi connectivity index (χ4n) is 2.08. The van der Waals surface area contributed by atoms with Gasteiger partial charge in [-0.25, -0.2) is 4.79 Å². The second-order valence-corrected chi connectivity index (χ2v) is 5.02. The van der Waals surface area contributed by atoms with Gasteiger partial charge in [0.1, 0.15) is 11.4 Å². The molecule has 0 saturated carbocycles. The van der Waals surface area contributed by atoms with Crippen LogP contribution in [0.25, 0.3) is 0 Å². The molecule has 0 aliphatic carbocycles. The van der Waals surface area contributed by atoms with E-state index in [2.05, 4.69) is 10.3 Å². The standard InChI is InChI=1S/C15H12F3N5O2/c16-15(17,18)9-3-1-8(2-4-9)7-21-12-11(10(20)5-6-19)13(24)23-14(25)22-12/h1-4,20H,5,7H2,(H3,21,22,23,24,25). The third-order valence-electron chi connectivity index (χ3n) is 3.25. The number of nitrogens with zero attached hydrogens (tertiary/aromatic N) is 1. The quantitative estimate of drug-likeness (QED) is 0.615. The molecule has 0 amide bonds. The molecule has 0 aliphatic rings. The molecule has 0 radical (unpaired) electrons. The first-order valence-electron chi connectivity index (χ1n) is 6.93. The highest BCUT2D eigenvalue weighted by Gasteiger charge is 2.29. The van der Waals surface area contributed by atoms with Crippen molar-refractivity contribution in [2.24, 2.45) is 0 Å². The number of halogens is 3. The summed E-state index contributed by atoms with van der Waals surface area (Å²) in [6.07, 6.45) is -4.78. The molecule has 130 valence electrons. The van der Waals surface area contributed by atoms with Gasteiger partial charge in [-0.15, -0.1) is 0 Å². The van der Waals surface area contributed by atoms with E-state index >= 15 is 0 Å². The largest absolute Gasteiger partial charge is 0.416 e. The van der Waals surface area contributed by atoms with Crippen LogP contribution in [0.2, 0.25) is 0 Å². The van der Waals surface area contributed by atoms with E-state index in [1.807, 2.05) is 4.98 Å². The highest BCUT2D eigenvalue weighted by Crippen LogP contribution is 2.29. The minimum absolute atomic E-state index is 0.00433. The van der Waals surface area contributed by atoms with Crippen molar-refractivity contribution < 1.29 is 13.2 Å². The molecule has 25 heavy (non-hydrogen) atoms. The average Bonchev–Trinajstić information content (AvgIpc) is 2.52. The number of nitrogens with one attached hydrogen (secondary N) is 4. The van der Waals surface area contributed by atoms with Gasteiger partial charge in [0.2, 0.25) is 0 Å². The minimum atomic E-state index is -4.44. The normalized spacial score (nSPS) is 11.0. The van der Waals surface area contributed by atoms with Gasteiger partial charge in [-0.1, -0.05) is 12.1 Å². The SMILES string of the molecule is N#CCC(=N)c1c(NCc2ccc(C(F)(F)F)cc2)[nH]c(=O)[nH]c1=O. The van der Waals surface area contributed by atoms with Crippen LogP contribution < -0.4 is 16.6 Å². The van der Waals surface area contributed by atoms with Gasteiger partial charge in [0.05, 0.1) is 23.8 Å². The molecule has 0 fully saturated rings. The lowest BCUT2D eigenvalue weighted by molar-refractivity contribution is -0.137. The second kappa shape index (κ2) is 7.04. The zero-order valence-corrected chi connectivity index (χ0v) is 12.6. The summed E-state index contributed by atoms with van der Waals surface area (Å²) in [7, 11) is 0. The molecule has 0 unspecified atom stereocenters. The molecular weight excluding hydrogens is 339 g/mol. The summed E-state index contributed by atoms with van der Waals surface area (Å²) in [6, 6.07) is 6.05.